The topological polar surface area (TPSA) is 0 Å². The molecular weight excluding hydrogens is 751 g/mol. The molecule has 0 spiro atoms. The summed E-state index contributed by atoms with van der Waals surface area (Å²) in [7, 11) is 0. The summed E-state index contributed by atoms with van der Waals surface area (Å²) in [4.78, 5) is 0. The fraction of sp³-hybridized carbons (Fsp3) is 0.367. The number of aryl methyl sites for hydroxylation is 2. The van der Waals surface area contributed by atoms with E-state index in [0.29, 0.717) is 0 Å². The largest absolute Gasteiger partial charge is 3.00 e. The number of rotatable bonds is 3. The van der Waals surface area contributed by atoms with Gasteiger partial charge in [0.1, 0.15) is 0 Å². The molecule has 0 N–H and O–H groups in total. The van der Waals surface area contributed by atoms with E-state index in [-0.39, 0.29) is 88.9 Å². The first-order chi connectivity index (χ1) is 23.1. The van der Waals surface area contributed by atoms with Crippen LogP contribution in [0.3, 0.4) is 0 Å². The van der Waals surface area contributed by atoms with Crippen LogP contribution in [0.25, 0.3) is 5.57 Å². The Morgan fingerprint density at radius 3 is 1.54 bits per heavy atom. The Morgan fingerprint density at radius 1 is 0.596 bits per heavy atom. The number of hydrogen-bond donors (Lipinski definition) is 0. The van der Waals surface area contributed by atoms with Crippen molar-refractivity contribution in [2.45, 2.75) is 75.7 Å². The predicted molar refractivity (Wildman–Crippen MR) is 209 cm³/mol. The van der Waals surface area contributed by atoms with Crippen LogP contribution < -0.4 is 24.8 Å². The Bertz CT molecular complexity index is 2030. The van der Waals surface area contributed by atoms with Crippen LogP contribution >= 0.6 is 0 Å². The second-order valence-electron chi connectivity index (χ2n) is 17.3. The normalized spacial score (nSPS) is 37.3. The van der Waals surface area contributed by atoms with Crippen LogP contribution in [0.15, 0.2) is 149 Å². The van der Waals surface area contributed by atoms with Gasteiger partial charge >= 0.3 is 26.2 Å². The monoisotopic (exact) mass is 801 g/mol. The summed E-state index contributed by atoms with van der Waals surface area (Å²) in [6, 6.07) is 18.4. The molecule has 2 aromatic rings. The fourth-order valence-electron chi connectivity index (χ4n) is 12.3. The van der Waals surface area contributed by atoms with E-state index >= 15 is 0 Å². The third-order valence-electron chi connectivity index (χ3n) is 16.1. The van der Waals surface area contributed by atoms with Crippen molar-refractivity contribution < 1.29 is 51.0 Å². The molecule has 0 heterocycles. The maximum absolute atomic E-state index is 2.76. The van der Waals surface area contributed by atoms with Gasteiger partial charge in [-0.25, -0.2) is 12.0 Å². The Kier molecular flexibility index (Phi) is 10.2. The summed E-state index contributed by atoms with van der Waals surface area (Å²) in [6.45, 7) is 25.0. The zero-order valence-corrected chi connectivity index (χ0v) is 36.6. The molecule has 7 unspecified atom stereocenters. The molecule has 0 aliphatic heterocycles. The second-order valence-corrected chi connectivity index (χ2v) is 17.3. The van der Waals surface area contributed by atoms with Gasteiger partial charge in [0.05, 0.1) is 0 Å². The smallest absolute Gasteiger partial charge is 1.00 e. The van der Waals surface area contributed by atoms with Crippen molar-refractivity contribution in [3.63, 3.8) is 0 Å². The first-order valence-corrected chi connectivity index (χ1v) is 18.4. The molecule has 2 saturated carbocycles. The molecule has 267 valence electrons. The summed E-state index contributed by atoms with van der Waals surface area (Å²) in [5.74, 6) is 0. The van der Waals surface area contributed by atoms with Gasteiger partial charge in [-0.15, -0.1) is 0 Å². The van der Waals surface area contributed by atoms with Gasteiger partial charge in [-0.3, -0.25) is 0 Å². The average molecular weight is 804 g/mol. The third kappa shape index (κ3) is 4.52. The molecule has 6 aliphatic carbocycles. The minimum absolute atomic E-state index is 0. The summed E-state index contributed by atoms with van der Waals surface area (Å²) in [5.41, 5.74) is 12.6. The van der Waals surface area contributed by atoms with Gasteiger partial charge in [0.15, 0.2) is 0 Å². The Morgan fingerprint density at radius 2 is 1.06 bits per heavy atom. The van der Waals surface area contributed by atoms with Gasteiger partial charge < -0.3 is 24.8 Å². The van der Waals surface area contributed by atoms with Gasteiger partial charge in [0, 0.05) is 16.2 Å². The average Bonchev–Trinajstić information content (AvgIpc) is 3.67. The van der Waals surface area contributed by atoms with Crippen molar-refractivity contribution in [2.24, 2.45) is 37.9 Å². The van der Waals surface area contributed by atoms with Crippen LogP contribution in [0.4, 0.5) is 0 Å². The maximum Gasteiger partial charge on any atom is 3.00 e. The molecule has 2 fully saturated rings. The minimum Gasteiger partial charge on any atom is -1.00 e. The molecule has 0 saturated heterocycles. The number of allylic oxidation sites excluding steroid dienone is 17. The fourth-order valence-corrected chi connectivity index (χ4v) is 12.3. The summed E-state index contributed by atoms with van der Waals surface area (Å²) < 4.78 is 0. The van der Waals surface area contributed by atoms with E-state index in [9.17, 15) is 0 Å². The van der Waals surface area contributed by atoms with Crippen molar-refractivity contribution in [3.8, 4) is 0 Å². The quantitative estimate of drug-likeness (QED) is 0.301. The van der Waals surface area contributed by atoms with Crippen LogP contribution in [0.1, 0.15) is 84.1 Å². The van der Waals surface area contributed by atoms with E-state index in [1.807, 2.05) is 0 Å². The van der Waals surface area contributed by atoms with E-state index in [0.717, 1.165) is 6.42 Å². The van der Waals surface area contributed by atoms with E-state index in [4.69, 9.17) is 0 Å². The number of benzene rings is 2. The molecule has 1 radical (unpaired) electrons. The molecule has 52 heavy (non-hydrogen) atoms. The second kappa shape index (κ2) is 13.0. The summed E-state index contributed by atoms with van der Waals surface area (Å²) in [5, 5.41) is 0. The number of fused-ring (bicyclic) bond motifs is 8. The molecule has 6 aliphatic rings. The molecule has 0 bridgehead atoms. The van der Waals surface area contributed by atoms with Crippen LogP contribution in [0, 0.1) is 58.2 Å². The number of hydrogen-bond acceptors (Lipinski definition) is 0. The van der Waals surface area contributed by atoms with Gasteiger partial charge in [-0.1, -0.05) is 192 Å². The van der Waals surface area contributed by atoms with Gasteiger partial charge in [0.2, 0.25) is 0 Å². The van der Waals surface area contributed by atoms with Gasteiger partial charge in [-0.2, -0.15) is 6.08 Å². The van der Waals surface area contributed by atoms with Gasteiger partial charge in [-0.05, 0) is 71.3 Å². The third-order valence-corrected chi connectivity index (χ3v) is 16.1. The number of halogens is 2. The van der Waals surface area contributed by atoms with Gasteiger partial charge in [0.25, 0.3) is 0 Å². The van der Waals surface area contributed by atoms with Crippen LogP contribution in [0.2, 0.25) is 0 Å². The zero-order valence-electron chi connectivity index (χ0n) is 32.6. The molecule has 3 heteroatoms. The molecule has 0 amide bonds. The van der Waals surface area contributed by atoms with Crippen molar-refractivity contribution >= 4 is 5.57 Å². The SMILES string of the molecule is CC1=C(C2=CC=CC2)C(=C(c2ccc(C)cc2)c2ccc(C)cc2)C=C2[CH-]C3(C)C4(C)C=CC=CC4(C)C4(C)C=CC=CC4(C)C3(C)C21C.[Cl-].[Cl-].[Zr+3]. The Labute approximate surface area is 345 Å². The molecule has 0 nitrogen and oxygen atoms in total. The van der Waals surface area contributed by atoms with Crippen molar-refractivity contribution in [3.05, 3.63) is 178 Å². The van der Waals surface area contributed by atoms with E-state index in [1.54, 1.807) is 0 Å². The van der Waals surface area contributed by atoms with Crippen LogP contribution in [0.5, 0.6) is 0 Å². The first kappa shape index (κ1) is 40.6. The van der Waals surface area contributed by atoms with Crippen molar-refractivity contribution in [1.82, 2.24) is 0 Å². The summed E-state index contributed by atoms with van der Waals surface area (Å²) in [6.07, 6.45) is 32.9. The minimum atomic E-state index is -0.222. The van der Waals surface area contributed by atoms with Crippen LogP contribution in [-0.2, 0) is 26.2 Å². The maximum atomic E-state index is 2.76. The van der Waals surface area contributed by atoms with Crippen molar-refractivity contribution in [1.29, 1.82) is 0 Å². The summed E-state index contributed by atoms with van der Waals surface area (Å²) >= 11 is 0. The predicted octanol–water partition coefficient (Wildman–Crippen LogP) is 6.78. The molecular formula is C49H53Cl2Zr. The van der Waals surface area contributed by atoms with E-state index < -0.39 is 0 Å². The molecule has 2 aromatic carbocycles. The standard InChI is InChI=1S/C49H53.2ClH.Zr/c1-33-19-23-37(24-20-33)42(38-25-21-34(2)22-26-38)40-31-39-32-47(8)45(6)29-14-13-27-43(45,4)44(5)28-15-16-30-46(44,7)49(47,10)48(39,9)35(3)41(40)36-17-11-12-18-36;;;/h11-17,19-32H,18H2,1-10H3;2*1H;/q-1;;;+3/p-2. The first-order valence-electron chi connectivity index (χ1n) is 18.4. The van der Waals surface area contributed by atoms with Crippen molar-refractivity contribution in [2.75, 3.05) is 0 Å². The van der Waals surface area contributed by atoms with Crippen LogP contribution in [-0.4, -0.2) is 0 Å². The Balaban J connectivity index is 0.00000174. The Hall–Kier alpha value is -2.57. The van der Waals surface area contributed by atoms with E-state index in [1.165, 1.54) is 55.7 Å². The molecule has 7 atom stereocenters. The van der Waals surface area contributed by atoms with E-state index in [2.05, 4.69) is 197 Å². The molecule has 8 rings (SSSR count). The zero-order chi connectivity index (χ0) is 34.8. The molecule has 0 aromatic heterocycles.